The number of alkyl carbamates (subject to hydrolysis) is 1. The number of ether oxygens (including phenoxy) is 1. The van der Waals surface area contributed by atoms with Crippen LogP contribution >= 0.6 is 11.3 Å². The van der Waals surface area contributed by atoms with Crippen molar-refractivity contribution in [2.75, 3.05) is 31.6 Å². The molecule has 0 atom stereocenters. The maximum absolute atomic E-state index is 13.7. The fraction of sp³-hybridized carbons (Fsp3) is 0.571. The molecule has 0 spiro atoms. The molecule has 3 heterocycles. The van der Waals surface area contributed by atoms with Crippen molar-refractivity contribution < 1.29 is 27.5 Å². The molecule has 176 valence electrons. The molecule has 1 fully saturated rings. The van der Waals surface area contributed by atoms with Crippen molar-refractivity contribution in [2.24, 2.45) is 5.41 Å². The summed E-state index contributed by atoms with van der Waals surface area (Å²) in [5, 5.41) is 6.66. The molecular weight excluding hydrogens is 445 g/mol. The van der Waals surface area contributed by atoms with Gasteiger partial charge in [-0.2, -0.15) is 13.2 Å². The van der Waals surface area contributed by atoms with Gasteiger partial charge in [0.2, 0.25) is 0 Å². The number of anilines is 1. The van der Waals surface area contributed by atoms with Gasteiger partial charge in [0.05, 0.1) is 28.0 Å². The molecule has 0 saturated carbocycles. The average Bonchev–Trinajstić information content (AvgIpc) is 3.14. The van der Waals surface area contributed by atoms with Crippen LogP contribution in [0.3, 0.4) is 0 Å². The minimum absolute atomic E-state index is 0.0465. The van der Waals surface area contributed by atoms with Gasteiger partial charge < -0.3 is 20.3 Å². The Kier molecular flexibility index (Phi) is 6.87. The number of pyridine rings is 1. The Hall–Kier alpha value is -2.56. The number of hydrogen-bond acceptors (Lipinski definition) is 6. The molecule has 1 aliphatic heterocycles. The maximum atomic E-state index is 13.7. The number of piperidine rings is 1. The van der Waals surface area contributed by atoms with Crippen LogP contribution in [0.2, 0.25) is 0 Å². The largest absolute Gasteiger partial charge is 0.449 e. The molecule has 1 aliphatic rings. The van der Waals surface area contributed by atoms with Gasteiger partial charge in [-0.05, 0) is 24.3 Å². The van der Waals surface area contributed by atoms with Crippen LogP contribution in [-0.4, -0.2) is 49.8 Å². The summed E-state index contributed by atoms with van der Waals surface area (Å²) in [7, 11) is 1.42. The van der Waals surface area contributed by atoms with Crippen LogP contribution in [0.15, 0.2) is 11.4 Å². The number of fused-ring (bicyclic) bond motifs is 1. The van der Waals surface area contributed by atoms with E-state index in [1.165, 1.54) is 12.4 Å². The molecule has 3 rings (SSSR count). The van der Waals surface area contributed by atoms with E-state index in [0.29, 0.717) is 25.9 Å². The molecule has 2 aromatic rings. The Morgan fingerprint density at radius 2 is 1.91 bits per heavy atom. The summed E-state index contributed by atoms with van der Waals surface area (Å²) in [6.07, 6.45) is -3.99. The van der Waals surface area contributed by atoms with E-state index in [2.05, 4.69) is 15.6 Å². The molecule has 1 saturated heterocycles. The van der Waals surface area contributed by atoms with E-state index < -0.39 is 23.7 Å². The number of nitrogens with one attached hydrogen (secondary N) is 2. The van der Waals surface area contributed by atoms with Crippen LogP contribution in [0.1, 0.15) is 49.5 Å². The summed E-state index contributed by atoms with van der Waals surface area (Å²) in [4.78, 5) is 30.3. The molecule has 2 aromatic heterocycles. The molecule has 2 amide bonds. The molecule has 0 radical (unpaired) electrons. The Balaban J connectivity index is 1.76. The minimum Gasteiger partial charge on any atom is -0.449 e. The topological polar surface area (TPSA) is 83.6 Å². The number of rotatable bonds is 4. The predicted octanol–water partition coefficient (Wildman–Crippen LogP) is 4.42. The molecule has 32 heavy (non-hydrogen) atoms. The third-order valence-corrected chi connectivity index (χ3v) is 6.07. The van der Waals surface area contributed by atoms with Gasteiger partial charge in [0.25, 0.3) is 5.91 Å². The van der Waals surface area contributed by atoms with E-state index in [4.69, 9.17) is 4.74 Å². The zero-order valence-corrected chi connectivity index (χ0v) is 19.2. The van der Waals surface area contributed by atoms with Crippen LogP contribution in [0.5, 0.6) is 0 Å². The lowest BCUT2D eigenvalue weighted by Crippen LogP contribution is -2.45. The Bertz CT molecular complexity index is 993. The quantitative estimate of drug-likeness (QED) is 0.689. The zero-order valence-electron chi connectivity index (χ0n) is 18.4. The third kappa shape index (κ3) is 5.62. The molecular formula is C21H27F3N4O3S. The van der Waals surface area contributed by atoms with Gasteiger partial charge in [0.1, 0.15) is 5.82 Å². The van der Waals surface area contributed by atoms with Crippen molar-refractivity contribution in [3.05, 3.63) is 22.6 Å². The second-order valence-corrected chi connectivity index (χ2v) is 9.85. The van der Waals surface area contributed by atoms with Gasteiger partial charge in [-0.3, -0.25) is 4.79 Å². The van der Waals surface area contributed by atoms with E-state index in [0.717, 1.165) is 17.4 Å². The highest BCUT2D eigenvalue weighted by Gasteiger charge is 2.36. The van der Waals surface area contributed by atoms with Crippen LogP contribution in [0, 0.1) is 5.41 Å². The van der Waals surface area contributed by atoms with Gasteiger partial charge in [0.15, 0.2) is 0 Å². The highest BCUT2D eigenvalue weighted by atomic mass is 32.1. The number of nitrogens with zero attached hydrogens (tertiary/aromatic N) is 2. The van der Waals surface area contributed by atoms with Crippen LogP contribution in [0.4, 0.5) is 23.8 Å². The van der Waals surface area contributed by atoms with E-state index in [1.807, 2.05) is 20.8 Å². The van der Waals surface area contributed by atoms with Gasteiger partial charge in [-0.15, -0.1) is 11.3 Å². The van der Waals surface area contributed by atoms with E-state index in [1.54, 1.807) is 4.90 Å². The second-order valence-electron chi connectivity index (χ2n) is 8.97. The van der Waals surface area contributed by atoms with Crippen LogP contribution in [0.25, 0.3) is 10.2 Å². The zero-order chi connectivity index (χ0) is 23.7. The lowest BCUT2D eigenvalue weighted by Gasteiger charge is -2.33. The molecule has 7 nitrogen and oxygen atoms in total. The first-order chi connectivity index (χ1) is 14.9. The van der Waals surface area contributed by atoms with E-state index in [9.17, 15) is 22.8 Å². The number of aromatic nitrogens is 1. The smallest absolute Gasteiger partial charge is 0.417 e. The SMILES string of the molecule is CNC(=O)c1csc2c(C(F)(F)F)cc(N3CCC(NC(=O)OCC(C)(C)C)CC3)nc12. The highest BCUT2D eigenvalue weighted by Crippen LogP contribution is 2.40. The predicted molar refractivity (Wildman–Crippen MR) is 117 cm³/mol. The Labute approximate surface area is 188 Å². The highest BCUT2D eigenvalue weighted by molar-refractivity contribution is 7.17. The summed E-state index contributed by atoms with van der Waals surface area (Å²) < 4.78 is 46.3. The van der Waals surface area contributed by atoms with E-state index >= 15 is 0 Å². The number of amides is 2. The standard InChI is InChI=1S/C21H27F3N4O3S/c1-20(2,3)11-31-19(30)26-12-5-7-28(8-6-12)15-9-14(21(22,23)24)17-16(27-15)13(10-32-17)18(29)25-4/h9-10,12H,5-8,11H2,1-4H3,(H,25,29)(H,26,30). The van der Waals surface area contributed by atoms with Crippen LogP contribution in [-0.2, 0) is 10.9 Å². The lowest BCUT2D eigenvalue weighted by molar-refractivity contribution is -0.136. The first-order valence-corrected chi connectivity index (χ1v) is 11.2. The molecule has 0 bridgehead atoms. The monoisotopic (exact) mass is 472 g/mol. The van der Waals surface area contributed by atoms with Crippen molar-refractivity contribution in [3.63, 3.8) is 0 Å². The summed E-state index contributed by atoms with van der Waals surface area (Å²) in [5.74, 6) is -0.312. The normalized spacial score (nSPS) is 15.7. The fourth-order valence-corrected chi connectivity index (χ4v) is 4.43. The van der Waals surface area contributed by atoms with Crippen molar-refractivity contribution in [1.29, 1.82) is 0 Å². The first kappa shape index (κ1) is 24.1. The first-order valence-electron chi connectivity index (χ1n) is 10.3. The van der Waals surface area contributed by atoms with Gasteiger partial charge in [-0.25, -0.2) is 9.78 Å². The number of halogens is 3. The summed E-state index contributed by atoms with van der Waals surface area (Å²) in [5.41, 5.74) is -0.775. The Morgan fingerprint density at radius 3 is 2.47 bits per heavy atom. The Morgan fingerprint density at radius 1 is 1.25 bits per heavy atom. The number of carbonyl (C=O) groups excluding carboxylic acids is 2. The van der Waals surface area contributed by atoms with Gasteiger partial charge in [-0.1, -0.05) is 20.8 Å². The summed E-state index contributed by atoms with van der Waals surface area (Å²) in [6, 6.07) is 0.907. The van der Waals surface area contributed by atoms with Gasteiger partial charge in [0, 0.05) is 31.6 Å². The molecule has 0 unspecified atom stereocenters. The van der Waals surface area contributed by atoms with Gasteiger partial charge >= 0.3 is 12.3 Å². The van der Waals surface area contributed by atoms with Crippen molar-refractivity contribution in [2.45, 2.75) is 45.8 Å². The molecule has 0 aromatic carbocycles. The number of alkyl halides is 3. The third-order valence-electron chi connectivity index (χ3n) is 5.06. The summed E-state index contributed by atoms with van der Waals surface area (Å²) in [6.45, 7) is 7.00. The second kappa shape index (κ2) is 9.13. The van der Waals surface area contributed by atoms with Crippen molar-refractivity contribution in [3.8, 4) is 0 Å². The van der Waals surface area contributed by atoms with Crippen molar-refractivity contribution >= 4 is 39.4 Å². The van der Waals surface area contributed by atoms with Crippen LogP contribution < -0.4 is 15.5 Å². The molecule has 11 heteroatoms. The summed E-state index contributed by atoms with van der Waals surface area (Å²) >= 11 is 0.857. The number of thiophene rings is 1. The molecule has 2 N–H and O–H groups in total. The number of carbonyl (C=O) groups is 2. The fourth-order valence-electron chi connectivity index (χ4n) is 3.41. The minimum atomic E-state index is -4.57. The lowest BCUT2D eigenvalue weighted by atomic mass is 9.99. The van der Waals surface area contributed by atoms with Crippen molar-refractivity contribution in [1.82, 2.24) is 15.6 Å². The average molecular weight is 473 g/mol. The van der Waals surface area contributed by atoms with E-state index in [-0.39, 0.29) is 39.7 Å². The number of hydrogen-bond donors (Lipinski definition) is 2. The molecule has 0 aliphatic carbocycles. The maximum Gasteiger partial charge on any atom is 0.417 e.